The van der Waals surface area contributed by atoms with Crippen molar-refractivity contribution in [2.75, 3.05) is 19.6 Å². The Bertz CT molecular complexity index is 835. The molecule has 1 aromatic carbocycles. The summed E-state index contributed by atoms with van der Waals surface area (Å²) in [6, 6.07) is 4.52. The van der Waals surface area contributed by atoms with Crippen molar-refractivity contribution in [3.05, 3.63) is 52.0 Å². The first-order valence-electron chi connectivity index (χ1n) is 9.02. The van der Waals surface area contributed by atoms with Crippen molar-refractivity contribution in [3.63, 3.8) is 0 Å². The number of rotatable bonds is 2. The third-order valence-electron chi connectivity index (χ3n) is 6.28. The second kappa shape index (κ2) is 6.09. The van der Waals surface area contributed by atoms with E-state index in [2.05, 4.69) is 9.88 Å². The molecule has 0 spiro atoms. The van der Waals surface area contributed by atoms with Crippen molar-refractivity contribution < 1.29 is 13.6 Å². The Kier molecular flexibility index (Phi) is 3.83. The second-order valence-electron chi connectivity index (χ2n) is 7.43. The molecule has 6 rings (SSSR count). The molecule has 5 heterocycles. The van der Waals surface area contributed by atoms with E-state index < -0.39 is 11.6 Å². The monoisotopic (exact) mass is 375 g/mol. The van der Waals surface area contributed by atoms with Crippen molar-refractivity contribution >= 4 is 17.2 Å². The number of hydrogen-bond acceptors (Lipinski definition) is 4. The topological polar surface area (TPSA) is 36.4 Å². The van der Waals surface area contributed by atoms with Crippen molar-refractivity contribution in [1.82, 2.24) is 14.8 Å². The molecule has 4 saturated heterocycles. The molecule has 4 aliphatic heterocycles. The highest BCUT2D eigenvalue weighted by Gasteiger charge is 2.55. The van der Waals surface area contributed by atoms with E-state index in [9.17, 15) is 13.6 Å². The van der Waals surface area contributed by atoms with Gasteiger partial charge in [0.2, 0.25) is 0 Å². The standard InChI is InChI=1S/C19H19F2N3OS/c20-14-3-1-2-12(16(14)21)13-9-24(19(25)15-8-22-10-26-15)17-11-4-6-23(7-5-11)18(13)17/h1-3,8,10-11,13,17-18H,4-7,9H2/t13-,17+,18+/m1/s1. The molecule has 0 aliphatic carbocycles. The molecule has 4 fully saturated rings. The highest BCUT2D eigenvalue weighted by atomic mass is 32.1. The average molecular weight is 375 g/mol. The van der Waals surface area contributed by atoms with E-state index >= 15 is 0 Å². The normalized spacial score (nSPS) is 32.7. The maximum atomic E-state index is 14.6. The van der Waals surface area contributed by atoms with Crippen molar-refractivity contribution in [1.29, 1.82) is 0 Å². The van der Waals surface area contributed by atoms with Crippen molar-refractivity contribution in [3.8, 4) is 0 Å². The number of likely N-dealkylation sites (tertiary alicyclic amines) is 1. The maximum absolute atomic E-state index is 14.6. The number of benzene rings is 1. The lowest BCUT2D eigenvalue weighted by molar-refractivity contribution is -0.00345. The van der Waals surface area contributed by atoms with Crippen LogP contribution in [0.2, 0.25) is 0 Å². The van der Waals surface area contributed by atoms with Crippen LogP contribution in [0.3, 0.4) is 0 Å². The number of nitrogens with zero attached hydrogens (tertiary/aromatic N) is 3. The minimum absolute atomic E-state index is 0.0319. The van der Waals surface area contributed by atoms with Gasteiger partial charge in [0, 0.05) is 18.5 Å². The Morgan fingerprint density at radius 2 is 2.00 bits per heavy atom. The third-order valence-corrected chi connectivity index (χ3v) is 7.04. The first-order chi connectivity index (χ1) is 12.6. The first-order valence-corrected chi connectivity index (χ1v) is 9.90. The molecule has 0 N–H and O–H groups in total. The summed E-state index contributed by atoms with van der Waals surface area (Å²) in [7, 11) is 0. The fourth-order valence-electron chi connectivity index (χ4n) is 5.20. The number of carbonyl (C=O) groups excluding carboxylic acids is 1. The molecule has 0 saturated carbocycles. The van der Waals surface area contributed by atoms with E-state index in [1.165, 1.54) is 11.3 Å². The summed E-state index contributed by atoms with van der Waals surface area (Å²) in [4.78, 5) is 22.0. The fourth-order valence-corrected chi connectivity index (χ4v) is 5.77. The smallest absolute Gasteiger partial charge is 0.265 e. The van der Waals surface area contributed by atoms with Gasteiger partial charge < -0.3 is 4.90 Å². The number of carbonyl (C=O) groups is 1. The Morgan fingerprint density at radius 1 is 1.19 bits per heavy atom. The summed E-state index contributed by atoms with van der Waals surface area (Å²) in [5, 5.41) is 0. The summed E-state index contributed by atoms with van der Waals surface area (Å²) in [6.45, 7) is 2.38. The zero-order valence-corrected chi connectivity index (χ0v) is 15.0. The van der Waals surface area contributed by atoms with E-state index in [0.29, 0.717) is 22.9 Å². The van der Waals surface area contributed by atoms with Gasteiger partial charge in [0.05, 0.1) is 17.7 Å². The number of aromatic nitrogens is 1. The largest absolute Gasteiger partial charge is 0.332 e. The zero-order valence-electron chi connectivity index (χ0n) is 14.1. The van der Waals surface area contributed by atoms with E-state index in [0.717, 1.165) is 32.0 Å². The van der Waals surface area contributed by atoms with E-state index in [-0.39, 0.29) is 23.9 Å². The molecular formula is C19H19F2N3OS. The average Bonchev–Trinajstić information content (AvgIpc) is 3.33. The fraction of sp³-hybridized carbons (Fsp3) is 0.474. The molecular weight excluding hydrogens is 356 g/mol. The van der Waals surface area contributed by atoms with Crippen LogP contribution in [0.25, 0.3) is 0 Å². The lowest BCUT2D eigenvalue weighted by atomic mass is 9.75. The SMILES string of the molecule is O=C(c1cncs1)N1C[C@H](c2cccc(F)c2F)[C@H]2[C@@H]1C1CCN2CC1. The Labute approximate surface area is 154 Å². The van der Waals surface area contributed by atoms with E-state index in [1.807, 2.05) is 4.90 Å². The van der Waals surface area contributed by atoms with E-state index in [4.69, 9.17) is 0 Å². The van der Waals surface area contributed by atoms with Gasteiger partial charge in [0.1, 0.15) is 4.88 Å². The Morgan fingerprint density at radius 3 is 2.73 bits per heavy atom. The molecule has 0 unspecified atom stereocenters. The highest BCUT2D eigenvalue weighted by Crippen LogP contribution is 2.47. The summed E-state index contributed by atoms with van der Waals surface area (Å²) in [5.41, 5.74) is 2.05. The van der Waals surface area contributed by atoms with Gasteiger partial charge in [0.15, 0.2) is 11.6 Å². The van der Waals surface area contributed by atoms with E-state index in [1.54, 1.807) is 23.8 Å². The predicted octanol–water partition coefficient (Wildman–Crippen LogP) is 3.12. The van der Waals surface area contributed by atoms with Gasteiger partial charge in [-0.25, -0.2) is 8.78 Å². The highest BCUT2D eigenvalue weighted by molar-refractivity contribution is 7.11. The Balaban J connectivity index is 1.57. The summed E-state index contributed by atoms with van der Waals surface area (Å²) in [5.74, 6) is -1.39. The molecule has 4 nitrogen and oxygen atoms in total. The number of piperidine rings is 3. The van der Waals surface area contributed by atoms with Gasteiger partial charge in [-0.2, -0.15) is 0 Å². The van der Waals surface area contributed by atoms with Crippen LogP contribution in [0.4, 0.5) is 8.78 Å². The molecule has 1 aromatic heterocycles. The van der Waals surface area contributed by atoms with Crippen molar-refractivity contribution in [2.24, 2.45) is 5.92 Å². The van der Waals surface area contributed by atoms with Gasteiger partial charge >= 0.3 is 0 Å². The zero-order chi connectivity index (χ0) is 17.8. The van der Waals surface area contributed by atoms with Crippen LogP contribution in [0.1, 0.15) is 34.0 Å². The second-order valence-corrected chi connectivity index (χ2v) is 8.31. The van der Waals surface area contributed by atoms with Crippen LogP contribution in [-0.4, -0.2) is 52.4 Å². The molecule has 1 amide bonds. The number of halogens is 2. The summed E-state index contributed by atoms with van der Waals surface area (Å²) < 4.78 is 28.4. The Hall–Kier alpha value is -1.86. The molecule has 2 aromatic rings. The number of fused-ring (bicyclic) bond motifs is 2. The first kappa shape index (κ1) is 16.3. The van der Waals surface area contributed by atoms with Gasteiger partial charge in [-0.15, -0.1) is 11.3 Å². The van der Waals surface area contributed by atoms with Crippen LogP contribution < -0.4 is 0 Å². The molecule has 26 heavy (non-hydrogen) atoms. The molecule has 7 heteroatoms. The maximum Gasteiger partial charge on any atom is 0.265 e. The van der Waals surface area contributed by atoms with Crippen molar-refractivity contribution in [2.45, 2.75) is 30.8 Å². The quantitative estimate of drug-likeness (QED) is 0.809. The van der Waals surface area contributed by atoms with Gasteiger partial charge in [-0.1, -0.05) is 12.1 Å². The summed E-state index contributed by atoms with van der Waals surface area (Å²) in [6.07, 6.45) is 3.72. The lowest BCUT2D eigenvalue weighted by Gasteiger charge is -2.51. The molecule has 4 aliphatic rings. The predicted molar refractivity (Wildman–Crippen MR) is 94.1 cm³/mol. The van der Waals surface area contributed by atoms with Crippen LogP contribution in [0.15, 0.2) is 29.9 Å². The molecule has 3 atom stereocenters. The molecule has 2 bridgehead atoms. The van der Waals surface area contributed by atoms with Crippen LogP contribution >= 0.6 is 11.3 Å². The minimum atomic E-state index is -0.817. The molecule has 0 radical (unpaired) electrons. The van der Waals surface area contributed by atoms with Gasteiger partial charge in [0.25, 0.3) is 5.91 Å². The molecule has 136 valence electrons. The van der Waals surface area contributed by atoms with Crippen LogP contribution in [0.5, 0.6) is 0 Å². The van der Waals surface area contributed by atoms with Gasteiger partial charge in [-0.3, -0.25) is 14.7 Å². The number of amides is 1. The van der Waals surface area contributed by atoms with Gasteiger partial charge in [-0.05, 0) is 43.5 Å². The minimum Gasteiger partial charge on any atom is -0.332 e. The number of hydrogen-bond donors (Lipinski definition) is 0. The number of thiazole rings is 1. The van der Waals surface area contributed by atoms with Crippen LogP contribution in [0, 0.1) is 17.6 Å². The van der Waals surface area contributed by atoms with Crippen LogP contribution in [-0.2, 0) is 0 Å². The third kappa shape index (κ3) is 2.33. The lowest BCUT2D eigenvalue weighted by Crippen LogP contribution is -2.60. The summed E-state index contributed by atoms with van der Waals surface area (Å²) >= 11 is 1.33.